The number of thiazole rings is 1. The summed E-state index contributed by atoms with van der Waals surface area (Å²) >= 11 is 1.66. The molecule has 0 bridgehead atoms. The van der Waals surface area contributed by atoms with Gasteiger partial charge in [0.25, 0.3) is 0 Å². The number of hydrogen-bond donors (Lipinski definition) is 1. The molecule has 1 atom stereocenters. The Morgan fingerprint density at radius 2 is 2.30 bits per heavy atom. The number of ether oxygens (including phenoxy) is 2. The molecule has 114 valence electrons. The van der Waals surface area contributed by atoms with E-state index in [9.17, 15) is 5.11 Å². The second kappa shape index (κ2) is 8.05. The Morgan fingerprint density at radius 1 is 1.55 bits per heavy atom. The minimum atomic E-state index is -0.456. The predicted octanol–water partition coefficient (Wildman–Crippen LogP) is 1.44. The average molecular weight is 300 g/mol. The Bertz CT molecular complexity index is 394. The molecule has 1 unspecified atom stereocenters. The number of rotatable bonds is 7. The van der Waals surface area contributed by atoms with Crippen LogP contribution in [0.2, 0.25) is 0 Å². The fraction of sp³-hybridized carbons (Fsp3) is 0.786. The first kappa shape index (κ1) is 15.9. The van der Waals surface area contributed by atoms with Crippen molar-refractivity contribution < 1.29 is 14.6 Å². The quantitative estimate of drug-likeness (QED) is 0.826. The molecule has 1 fully saturated rings. The van der Waals surface area contributed by atoms with Crippen LogP contribution in [0.15, 0.2) is 5.38 Å². The van der Waals surface area contributed by atoms with Crippen molar-refractivity contribution in [1.82, 2.24) is 9.88 Å². The molecule has 2 heterocycles. The van der Waals surface area contributed by atoms with Crippen LogP contribution in [-0.4, -0.2) is 60.6 Å². The smallest absolute Gasteiger partial charge is 0.0900 e. The lowest BCUT2D eigenvalue weighted by Crippen LogP contribution is -2.34. The molecule has 1 aromatic rings. The lowest BCUT2D eigenvalue weighted by molar-refractivity contribution is -0.0634. The van der Waals surface area contributed by atoms with Crippen molar-refractivity contribution in [2.45, 2.75) is 38.5 Å². The molecule has 1 aliphatic heterocycles. The first-order valence-corrected chi connectivity index (χ1v) is 7.98. The third kappa shape index (κ3) is 5.46. The van der Waals surface area contributed by atoms with Gasteiger partial charge in [-0.2, -0.15) is 0 Å². The van der Waals surface area contributed by atoms with E-state index < -0.39 is 6.10 Å². The monoisotopic (exact) mass is 300 g/mol. The van der Waals surface area contributed by atoms with E-state index in [1.54, 1.807) is 11.3 Å². The Hall–Kier alpha value is -0.530. The topological polar surface area (TPSA) is 54.8 Å². The molecule has 20 heavy (non-hydrogen) atoms. The average Bonchev–Trinajstić information content (AvgIpc) is 2.83. The molecular weight excluding hydrogens is 276 g/mol. The maximum Gasteiger partial charge on any atom is 0.0900 e. The third-order valence-corrected chi connectivity index (χ3v) is 4.14. The minimum absolute atomic E-state index is 0.241. The molecule has 0 aromatic carbocycles. The molecule has 1 aromatic heterocycles. The lowest BCUT2D eigenvalue weighted by atomic mass is 10.1. The van der Waals surface area contributed by atoms with Crippen molar-refractivity contribution in [3.8, 4) is 0 Å². The zero-order valence-electron chi connectivity index (χ0n) is 12.2. The summed E-state index contributed by atoms with van der Waals surface area (Å²) in [4.78, 5) is 6.50. The van der Waals surface area contributed by atoms with Crippen LogP contribution in [0.4, 0.5) is 0 Å². The van der Waals surface area contributed by atoms with E-state index in [2.05, 4.69) is 15.3 Å². The summed E-state index contributed by atoms with van der Waals surface area (Å²) in [6, 6.07) is 0. The van der Waals surface area contributed by atoms with Crippen molar-refractivity contribution >= 4 is 11.3 Å². The summed E-state index contributed by atoms with van der Waals surface area (Å²) in [5.74, 6) is 0. The molecule has 0 spiro atoms. The molecular formula is C14H24N2O3S. The molecule has 0 radical (unpaired) electrons. The van der Waals surface area contributed by atoms with Gasteiger partial charge in [-0.1, -0.05) is 0 Å². The number of aromatic nitrogens is 1. The number of hydrogen-bond acceptors (Lipinski definition) is 6. The molecule has 5 nitrogen and oxygen atoms in total. The van der Waals surface area contributed by atoms with Crippen LogP contribution in [0.5, 0.6) is 0 Å². The highest BCUT2D eigenvalue weighted by atomic mass is 32.1. The molecule has 2 rings (SSSR count). The summed E-state index contributed by atoms with van der Waals surface area (Å²) in [5.41, 5.74) is 1.06. The van der Waals surface area contributed by atoms with Crippen molar-refractivity contribution in [2.75, 3.05) is 33.4 Å². The summed E-state index contributed by atoms with van der Waals surface area (Å²) in [6.07, 6.45) is 1.65. The summed E-state index contributed by atoms with van der Waals surface area (Å²) in [6.45, 7) is 5.29. The van der Waals surface area contributed by atoms with E-state index >= 15 is 0 Å². The second-order valence-electron chi connectivity index (χ2n) is 5.35. The molecule has 0 saturated carbocycles. The molecule has 1 saturated heterocycles. The fourth-order valence-corrected chi connectivity index (χ4v) is 2.93. The normalized spacial score (nSPS) is 18.6. The maximum atomic E-state index is 10.0. The van der Waals surface area contributed by atoms with Crippen LogP contribution in [0.25, 0.3) is 0 Å². The Labute approximate surface area is 124 Å². The first-order valence-electron chi connectivity index (χ1n) is 7.10. The predicted molar refractivity (Wildman–Crippen MR) is 79.0 cm³/mol. The van der Waals surface area contributed by atoms with Gasteiger partial charge in [-0.3, -0.25) is 4.90 Å². The van der Waals surface area contributed by atoms with Gasteiger partial charge in [-0.15, -0.1) is 11.3 Å². The second-order valence-corrected chi connectivity index (χ2v) is 6.42. The van der Waals surface area contributed by atoms with Gasteiger partial charge in [0.15, 0.2) is 0 Å². The van der Waals surface area contributed by atoms with Crippen molar-refractivity contribution in [2.24, 2.45) is 0 Å². The van der Waals surface area contributed by atoms with Gasteiger partial charge in [0.1, 0.15) is 0 Å². The van der Waals surface area contributed by atoms with Crippen molar-refractivity contribution in [1.29, 1.82) is 0 Å². The van der Waals surface area contributed by atoms with Crippen LogP contribution < -0.4 is 0 Å². The van der Waals surface area contributed by atoms with E-state index in [0.717, 1.165) is 43.3 Å². The zero-order valence-corrected chi connectivity index (χ0v) is 13.1. The van der Waals surface area contributed by atoms with Gasteiger partial charge in [-0.25, -0.2) is 4.98 Å². The molecule has 0 amide bonds. The van der Waals surface area contributed by atoms with Gasteiger partial charge < -0.3 is 14.6 Å². The molecule has 1 N–H and O–H groups in total. The van der Waals surface area contributed by atoms with Crippen LogP contribution >= 0.6 is 11.3 Å². The molecule has 6 heteroatoms. The highest BCUT2D eigenvalue weighted by molar-refractivity contribution is 7.09. The van der Waals surface area contributed by atoms with Gasteiger partial charge in [-0.05, 0) is 26.8 Å². The fourth-order valence-electron chi connectivity index (χ4n) is 2.32. The van der Waals surface area contributed by atoms with E-state index in [1.165, 1.54) is 0 Å². The van der Waals surface area contributed by atoms with E-state index in [0.29, 0.717) is 13.2 Å². The minimum Gasteiger partial charge on any atom is -0.389 e. The highest BCUT2D eigenvalue weighted by Gasteiger charge is 2.17. The van der Waals surface area contributed by atoms with Gasteiger partial charge in [0, 0.05) is 31.7 Å². The highest BCUT2D eigenvalue weighted by Crippen LogP contribution is 2.12. The third-order valence-electron chi connectivity index (χ3n) is 3.31. The van der Waals surface area contributed by atoms with Crippen LogP contribution in [0.1, 0.15) is 23.5 Å². The Balaban J connectivity index is 1.64. The van der Waals surface area contributed by atoms with E-state index in [1.807, 2.05) is 14.0 Å². The first-order chi connectivity index (χ1) is 9.63. The van der Waals surface area contributed by atoms with Crippen LogP contribution in [0, 0.1) is 6.92 Å². The Kier molecular flexibility index (Phi) is 6.38. The molecule has 1 aliphatic rings. The van der Waals surface area contributed by atoms with Gasteiger partial charge >= 0.3 is 0 Å². The zero-order chi connectivity index (χ0) is 14.4. The largest absolute Gasteiger partial charge is 0.389 e. The summed E-state index contributed by atoms with van der Waals surface area (Å²) < 4.78 is 11.0. The SMILES string of the molecule is Cc1nc(CN(C)CC(O)COC2CCOCC2)cs1. The summed E-state index contributed by atoms with van der Waals surface area (Å²) in [5, 5.41) is 13.2. The van der Waals surface area contributed by atoms with Gasteiger partial charge in [0.2, 0.25) is 0 Å². The number of aryl methyl sites for hydroxylation is 1. The van der Waals surface area contributed by atoms with Crippen LogP contribution in [-0.2, 0) is 16.0 Å². The standard InChI is InChI=1S/C14H24N2O3S/c1-11-15-12(10-20-11)7-16(2)8-13(17)9-19-14-3-5-18-6-4-14/h10,13-14,17H,3-9H2,1-2H3. The maximum absolute atomic E-state index is 10.0. The van der Waals surface area contributed by atoms with Gasteiger partial charge in [0.05, 0.1) is 29.5 Å². The van der Waals surface area contributed by atoms with Crippen molar-refractivity contribution in [3.63, 3.8) is 0 Å². The van der Waals surface area contributed by atoms with Crippen LogP contribution in [0.3, 0.4) is 0 Å². The Morgan fingerprint density at radius 3 is 2.95 bits per heavy atom. The van der Waals surface area contributed by atoms with E-state index in [-0.39, 0.29) is 6.10 Å². The number of aliphatic hydroxyl groups is 1. The number of likely N-dealkylation sites (N-methyl/N-ethyl adjacent to an activating group) is 1. The summed E-state index contributed by atoms with van der Waals surface area (Å²) in [7, 11) is 1.99. The number of aliphatic hydroxyl groups excluding tert-OH is 1. The number of nitrogens with zero attached hydrogens (tertiary/aromatic N) is 2. The lowest BCUT2D eigenvalue weighted by Gasteiger charge is -2.25. The van der Waals surface area contributed by atoms with Crippen molar-refractivity contribution in [3.05, 3.63) is 16.1 Å². The van der Waals surface area contributed by atoms with E-state index in [4.69, 9.17) is 9.47 Å². The molecule has 0 aliphatic carbocycles.